The lowest BCUT2D eigenvalue weighted by atomic mass is 10.0. The Kier molecular flexibility index (Phi) is 5.07. The van der Waals surface area contributed by atoms with Crippen molar-refractivity contribution in [1.29, 1.82) is 0 Å². The molecule has 4 heteroatoms. The highest BCUT2D eigenvalue weighted by molar-refractivity contribution is 6.10. The lowest BCUT2D eigenvalue weighted by Gasteiger charge is -2.19. The van der Waals surface area contributed by atoms with E-state index in [1.165, 1.54) is 33.0 Å². The fourth-order valence-corrected chi connectivity index (χ4v) is 4.82. The van der Waals surface area contributed by atoms with E-state index in [-0.39, 0.29) is 0 Å². The molecule has 0 aliphatic heterocycles. The van der Waals surface area contributed by atoms with E-state index in [0.717, 1.165) is 28.4 Å². The molecule has 0 amide bonds. The number of para-hydroxylation sites is 1. The maximum Gasteiger partial charge on any atom is 0.140 e. The predicted molar refractivity (Wildman–Crippen MR) is 146 cm³/mol. The van der Waals surface area contributed by atoms with Gasteiger partial charge in [0.2, 0.25) is 0 Å². The average Bonchev–Trinajstić information content (AvgIpc) is 3.22. The molecule has 35 heavy (non-hydrogen) atoms. The Balaban J connectivity index is 1.52. The molecule has 0 N–H and O–H groups in total. The maximum atomic E-state index is 4.75. The van der Waals surface area contributed by atoms with Crippen molar-refractivity contribution in [2.75, 3.05) is 11.9 Å². The molecule has 3 heterocycles. The molecule has 170 valence electrons. The zero-order valence-electron chi connectivity index (χ0n) is 20.1. The predicted octanol–water partition coefficient (Wildman–Crippen LogP) is 7.63. The fraction of sp³-hybridized carbons (Fsp3) is 0.0968. The number of hydrogen-bond acceptors (Lipinski definition) is 3. The van der Waals surface area contributed by atoms with E-state index in [0.29, 0.717) is 0 Å². The molecule has 6 aromatic rings. The Labute approximate surface area is 205 Å². The van der Waals surface area contributed by atoms with Gasteiger partial charge in [-0.3, -0.25) is 4.57 Å². The second-order valence-electron chi connectivity index (χ2n) is 9.03. The third-order valence-corrected chi connectivity index (χ3v) is 6.68. The summed E-state index contributed by atoms with van der Waals surface area (Å²) in [6, 6.07) is 32.2. The zero-order valence-corrected chi connectivity index (χ0v) is 20.1. The van der Waals surface area contributed by atoms with Crippen molar-refractivity contribution in [2.24, 2.45) is 0 Å². The molecular formula is C31H26N4. The van der Waals surface area contributed by atoms with E-state index in [1.807, 2.05) is 24.5 Å². The van der Waals surface area contributed by atoms with Gasteiger partial charge in [0.25, 0.3) is 0 Å². The summed E-state index contributed by atoms with van der Waals surface area (Å²) in [7, 11) is 2.06. The van der Waals surface area contributed by atoms with Gasteiger partial charge in [-0.2, -0.15) is 0 Å². The fourth-order valence-electron chi connectivity index (χ4n) is 4.82. The first-order chi connectivity index (χ1) is 17.1. The van der Waals surface area contributed by atoms with Crippen molar-refractivity contribution in [1.82, 2.24) is 14.5 Å². The normalized spacial score (nSPS) is 11.3. The van der Waals surface area contributed by atoms with Gasteiger partial charge in [-0.15, -0.1) is 0 Å². The van der Waals surface area contributed by atoms with E-state index in [9.17, 15) is 0 Å². The Bertz CT molecular complexity index is 1700. The number of benzene rings is 3. The summed E-state index contributed by atoms with van der Waals surface area (Å²) in [6.07, 6.45) is 3.73. The Morgan fingerprint density at radius 3 is 2.34 bits per heavy atom. The molecule has 0 aliphatic carbocycles. The van der Waals surface area contributed by atoms with E-state index in [4.69, 9.17) is 4.98 Å². The molecule has 0 aliphatic rings. The number of aromatic nitrogens is 3. The van der Waals surface area contributed by atoms with Crippen molar-refractivity contribution in [3.63, 3.8) is 0 Å². The Hall–Kier alpha value is -4.44. The lowest BCUT2D eigenvalue weighted by Crippen LogP contribution is -2.11. The number of nitrogens with zero attached hydrogens (tertiary/aromatic N) is 4. The molecule has 0 saturated carbocycles. The molecule has 3 aromatic heterocycles. The molecule has 0 bridgehead atoms. The van der Waals surface area contributed by atoms with Gasteiger partial charge in [-0.25, -0.2) is 9.97 Å². The zero-order chi connectivity index (χ0) is 23.9. The number of aryl methyl sites for hydroxylation is 2. The van der Waals surface area contributed by atoms with Crippen LogP contribution in [0.5, 0.6) is 0 Å². The van der Waals surface area contributed by atoms with Crippen LogP contribution in [0.3, 0.4) is 0 Å². The Morgan fingerprint density at radius 1 is 0.657 bits per heavy atom. The minimum atomic E-state index is 0.934. The van der Waals surface area contributed by atoms with Crippen LogP contribution in [0.2, 0.25) is 0 Å². The van der Waals surface area contributed by atoms with Gasteiger partial charge < -0.3 is 4.90 Å². The van der Waals surface area contributed by atoms with Gasteiger partial charge in [0.15, 0.2) is 0 Å². The highest BCUT2D eigenvalue weighted by atomic mass is 15.2. The third-order valence-electron chi connectivity index (χ3n) is 6.68. The van der Waals surface area contributed by atoms with Gasteiger partial charge in [0.05, 0.1) is 11.0 Å². The number of pyridine rings is 2. The van der Waals surface area contributed by atoms with Crippen LogP contribution < -0.4 is 4.90 Å². The molecule has 0 fully saturated rings. The minimum Gasteiger partial charge on any atom is -0.329 e. The SMILES string of the molecule is Cc1ccnc(N(C)c2cccc(-c3ccc4c5ccccc5n(-c5ncccc5C)c4c3)c2)c1. The van der Waals surface area contributed by atoms with E-state index < -0.39 is 0 Å². The topological polar surface area (TPSA) is 34.0 Å². The number of rotatable bonds is 4. The maximum absolute atomic E-state index is 4.75. The van der Waals surface area contributed by atoms with E-state index in [1.54, 1.807) is 0 Å². The molecule has 6 rings (SSSR count). The van der Waals surface area contributed by atoms with Gasteiger partial charge in [0.1, 0.15) is 11.6 Å². The second-order valence-corrected chi connectivity index (χ2v) is 9.03. The highest BCUT2D eigenvalue weighted by Crippen LogP contribution is 2.36. The molecule has 0 unspecified atom stereocenters. The first kappa shape index (κ1) is 21.1. The van der Waals surface area contributed by atoms with Crippen LogP contribution in [0.1, 0.15) is 11.1 Å². The smallest absolute Gasteiger partial charge is 0.140 e. The second kappa shape index (κ2) is 8.41. The van der Waals surface area contributed by atoms with Crippen LogP contribution in [0.4, 0.5) is 11.5 Å². The first-order valence-corrected chi connectivity index (χ1v) is 11.8. The Morgan fingerprint density at radius 2 is 1.49 bits per heavy atom. The van der Waals surface area contributed by atoms with Crippen molar-refractivity contribution >= 4 is 33.3 Å². The van der Waals surface area contributed by atoms with Gasteiger partial charge in [-0.05, 0) is 78.6 Å². The van der Waals surface area contributed by atoms with Crippen molar-refractivity contribution in [3.8, 4) is 16.9 Å². The van der Waals surface area contributed by atoms with E-state index >= 15 is 0 Å². The average molecular weight is 455 g/mol. The van der Waals surface area contributed by atoms with Crippen LogP contribution in [0, 0.1) is 13.8 Å². The van der Waals surface area contributed by atoms with E-state index in [2.05, 4.69) is 114 Å². The number of hydrogen-bond donors (Lipinski definition) is 0. The quantitative estimate of drug-likeness (QED) is 0.275. The third kappa shape index (κ3) is 3.64. The van der Waals surface area contributed by atoms with Crippen LogP contribution >= 0.6 is 0 Å². The summed E-state index contributed by atoms with van der Waals surface area (Å²) >= 11 is 0. The van der Waals surface area contributed by atoms with Gasteiger partial charge in [0, 0.05) is 35.9 Å². The summed E-state index contributed by atoms with van der Waals surface area (Å²) in [5.74, 6) is 1.90. The molecule has 0 saturated heterocycles. The summed E-state index contributed by atoms with van der Waals surface area (Å²) in [5, 5.41) is 2.46. The molecule has 0 atom stereocenters. The van der Waals surface area contributed by atoms with Crippen LogP contribution in [0.25, 0.3) is 38.8 Å². The summed E-state index contributed by atoms with van der Waals surface area (Å²) in [4.78, 5) is 11.4. The molecule has 0 spiro atoms. The van der Waals surface area contributed by atoms with Crippen LogP contribution in [-0.4, -0.2) is 21.6 Å². The largest absolute Gasteiger partial charge is 0.329 e. The van der Waals surface area contributed by atoms with Gasteiger partial charge >= 0.3 is 0 Å². The summed E-state index contributed by atoms with van der Waals surface area (Å²) < 4.78 is 2.29. The van der Waals surface area contributed by atoms with Crippen molar-refractivity contribution in [3.05, 3.63) is 115 Å². The first-order valence-electron chi connectivity index (χ1n) is 11.8. The lowest BCUT2D eigenvalue weighted by molar-refractivity contribution is 1.05. The summed E-state index contributed by atoms with van der Waals surface area (Å²) in [5.41, 5.74) is 8.10. The van der Waals surface area contributed by atoms with Crippen LogP contribution in [-0.2, 0) is 0 Å². The summed E-state index contributed by atoms with van der Waals surface area (Å²) in [6.45, 7) is 4.21. The standard InChI is InChI=1S/C31H26N4/c1-21-15-17-32-30(18-21)34(3)25-10-6-9-23(19-25)24-13-14-27-26-11-4-5-12-28(26)35(29(27)20-24)31-22(2)8-7-16-33-31/h4-20H,1-3H3. The minimum absolute atomic E-state index is 0.934. The van der Waals surface area contributed by atoms with Crippen LogP contribution in [0.15, 0.2) is 103 Å². The molecule has 3 aromatic carbocycles. The van der Waals surface area contributed by atoms with Crippen molar-refractivity contribution in [2.45, 2.75) is 13.8 Å². The number of anilines is 2. The number of fused-ring (bicyclic) bond motifs is 3. The molecule has 0 radical (unpaired) electrons. The monoisotopic (exact) mass is 454 g/mol. The van der Waals surface area contributed by atoms with Crippen molar-refractivity contribution < 1.29 is 0 Å². The molecule has 4 nitrogen and oxygen atoms in total. The highest BCUT2D eigenvalue weighted by Gasteiger charge is 2.15. The molecular weight excluding hydrogens is 428 g/mol. The van der Waals surface area contributed by atoms with Gasteiger partial charge in [-0.1, -0.05) is 48.5 Å².